The Kier molecular flexibility index (Phi) is 4.40. The van der Waals surface area contributed by atoms with Crippen LogP contribution in [0.1, 0.15) is 26.7 Å². The average molecular weight is 239 g/mol. The van der Waals surface area contributed by atoms with Crippen molar-refractivity contribution in [3.63, 3.8) is 0 Å². The molecule has 0 aromatic heterocycles. The summed E-state index contributed by atoms with van der Waals surface area (Å²) >= 11 is 0. The van der Waals surface area contributed by atoms with E-state index in [9.17, 15) is 4.79 Å². The van der Waals surface area contributed by atoms with Crippen molar-refractivity contribution in [2.75, 3.05) is 39.3 Å². The van der Waals surface area contributed by atoms with Gasteiger partial charge in [-0.15, -0.1) is 0 Å². The first-order valence-electron chi connectivity index (χ1n) is 6.96. The normalized spacial score (nSPS) is 28.4. The minimum Gasteiger partial charge on any atom is -0.340 e. The van der Waals surface area contributed by atoms with Crippen LogP contribution in [0.4, 0.5) is 0 Å². The Bertz CT molecular complexity index is 263. The topological polar surface area (TPSA) is 35.6 Å². The fourth-order valence-electron chi connectivity index (χ4n) is 2.99. The van der Waals surface area contributed by atoms with Crippen LogP contribution in [-0.2, 0) is 4.79 Å². The summed E-state index contributed by atoms with van der Waals surface area (Å²) in [5, 5.41) is 3.32. The minimum absolute atomic E-state index is 0.275. The van der Waals surface area contributed by atoms with Crippen molar-refractivity contribution in [2.45, 2.75) is 32.7 Å². The molecule has 2 heterocycles. The number of nitrogens with zero attached hydrogens (tertiary/aromatic N) is 2. The molecule has 0 spiro atoms. The third-order valence-electron chi connectivity index (χ3n) is 4.17. The highest BCUT2D eigenvalue weighted by molar-refractivity contribution is 5.79. The molecule has 2 aliphatic heterocycles. The molecule has 2 saturated heterocycles. The monoisotopic (exact) mass is 239 g/mol. The second kappa shape index (κ2) is 5.83. The molecule has 2 rings (SSSR count). The fourth-order valence-corrected chi connectivity index (χ4v) is 2.99. The van der Waals surface area contributed by atoms with E-state index in [4.69, 9.17) is 0 Å². The zero-order valence-electron chi connectivity index (χ0n) is 11.1. The van der Waals surface area contributed by atoms with Crippen molar-refractivity contribution < 1.29 is 4.79 Å². The van der Waals surface area contributed by atoms with Crippen molar-refractivity contribution >= 4 is 5.91 Å². The summed E-state index contributed by atoms with van der Waals surface area (Å²) in [7, 11) is 0. The number of rotatable bonds is 2. The molecule has 17 heavy (non-hydrogen) atoms. The van der Waals surface area contributed by atoms with Gasteiger partial charge in [-0.1, -0.05) is 6.92 Å². The van der Waals surface area contributed by atoms with Crippen LogP contribution in [0, 0.1) is 5.92 Å². The molecule has 1 N–H and O–H groups in total. The third kappa shape index (κ3) is 2.99. The molecule has 2 fully saturated rings. The maximum Gasteiger partial charge on any atom is 0.225 e. The number of piperazine rings is 1. The highest BCUT2D eigenvalue weighted by Gasteiger charge is 2.30. The van der Waals surface area contributed by atoms with Gasteiger partial charge < -0.3 is 10.2 Å². The Morgan fingerprint density at radius 3 is 2.59 bits per heavy atom. The number of carbonyl (C=O) groups is 1. The first-order chi connectivity index (χ1) is 8.22. The maximum atomic E-state index is 12.4. The van der Waals surface area contributed by atoms with Crippen LogP contribution in [0.15, 0.2) is 0 Å². The summed E-state index contributed by atoms with van der Waals surface area (Å²) in [6, 6.07) is 0.513. The Hall–Kier alpha value is -0.610. The molecule has 4 heteroatoms. The number of hydrogen-bond donors (Lipinski definition) is 1. The minimum atomic E-state index is 0.275. The van der Waals surface area contributed by atoms with Crippen LogP contribution in [0.3, 0.4) is 0 Å². The van der Waals surface area contributed by atoms with Gasteiger partial charge in [-0.05, 0) is 39.4 Å². The third-order valence-corrected chi connectivity index (χ3v) is 4.17. The SMILES string of the molecule is CCN1CCN(C(=O)C2CCNCC2)CC1C. The van der Waals surface area contributed by atoms with Gasteiger partial charge in [0.2, 0.25) is 5.91 Å². The van der Waals surface area contributed by atoms with Gasteiger partial charge in [-0.3, -0.25) is 9.69 Å². The Labute approximate surface area is 104 Å². The van der Waals surface area contributed by atoms with Gasteiger partial charge in [0.1, 0.15) is 0 Å². The fraction of sp³-hybridized carbons (Fsp3) is 0.923. The molecule has 0 saturated carbocycles. The highest BCUT2D eigenvalue weighted by atomic mass is 16.2. The van der Waals surface area contributed by atoms with Crippen LogP contribution in [-0.4, -0.2) is 61.0 Å². The first-order valence-corrected chi connectivity index (χ1v) is 6.96. The van der Waals surface area contributed by atoms with Gasteiger partial charge >= 0.3 is 0 Å². The highest BCUT2D eigenvalue weighted by Crippen LogP contribution is 2.18. The van der Waals surface area contributed by atoms with Gasteiger partial charge in [0, 0.05) is 31.6 Å². The van der Waals surface area contributed by atoms with Crippen molar-refractivity contribution in [1.82, 2.24) is 15.1 Å². The lowest BCUT2D eigenvalue weighted by atomic mass is 9.96. The molecule has 98 valence electrons. The van der Waals surface area contributed by atoms with Crippen molar-refractivity contribution in [1.29, 1.82) is 0 Å². The number of carbonyl (C=O) groups excluding carboxylic acids is 1. The second-order valence-electron chi connectivity index (χ2n) is 5.29. The van der Waals surface area contributed by atoms with Crippen LogP contribution in [0.5, 0.6) is 0 Å². The van der Waals surface area contributed by atoms with E-state index in [0.29, 0.717) is 11.9 Å². The molecule has 4 nitrogen and oxygen atoms in total. The molecule has 0 aromatic carbocycles. The molecule has 2 aliphatic rings. The molecular formula is C13H25N3O. The lowest BCUT2D eigenvalue weighted by Gasteiger charge is -2.41. The van der Waals surface area contributed by atoms with E-state index in [1.165, 1.54) is 0 Å². The van der Waals surface area contributed by atoms with Crippen molar-refractivity contribution in [3.8, 4) is 0 Å². The van der Waals surface area contributed by atoms with Gasteiger partial charge in [-0.25, -0.2) is 0 Å². The predicted molar refractivity (Wildman–Crippen MR) is 68.9 cm³/mol. The summed E-state index contributed by atoms with van der Waals surface area (Å²) in [5.74, 6) is 0.672. The summed E-state index contributed by atoms with van der Waals surface area (Å²) in [4.78, 5) is 16.9. The van der Waals surface area contributed by atoms with Crippen LogP contribution in [0.2, 0.25) is 0 Å². The smallest absolute Gasteiger partial charge is 0.225 e. The number of nitrogens with one attached hydrogen (secondary N) is 1. The first kappa shape index (κ1) is 12.8. The molecule has 0 radical (unpaired) electrons. The molecule has 1 unspecified atom stereocenters. The van der Waals surface area contributed by atoms with E-state index in [2.05, 4.69) is 29.0 Å². The molecule has 0 bridgehead atoms. The summed E-state index contributed by atoms with van der Waals surface area (Å²) in [6.45, 7) is 10.4. The Balaban J connectivity index is 1.87. The van der Waals surface area contributed by atoms with Crippen LogP contribution < -0.4 is 5.32 Å². The van der Waals surface area contributed by atoms with E-state index in [1.807, 2.05) is 0 Å². The van der Waals surface area contributed by atoms with Gasteiger partial charge in [0.05, 0.1) is 0 Å². The Morgan fingerprint density at radius 2 is 2.00 bits per heavy atom. The van der Waals surface area contributed by atoms with Gasteiger partial charge in [0.25, 0.3) is 0 Å². The second-order valence-corrected chi connectivity index (χ2v) is 5.29. The van der Waals surface area contributed by atoms with E-state index >= 15 is 0 Å². The number of likely N-dealkylation sites (N-methyl/N-ethyl adjacent to an activating group) is 1. The largest absolute Gasteiger partial charge is 0.340 e. The lowest BCUT2D eigenvalue weighted by molar-refractivity contribution is -0.139. The number of amides is 1. The molecule has 1 amide bonds. The van der Waals surface area contributed by atoms with E-state index in [1.54, 1.807) is 0 Å². The van der Waals surface area contributed by atoms with Crippen molar-refractivity contribution in [3.05, 3.63) is 0 Å². The molecule has 0 aromatic rings. The quantitative estimate of drug-likeness (QED) is 0.764. The van der Waals surface area contributed by atoms with E-state index < -0.39 is 0 Å². The van der Waals surface area contributed by atoms with Crippen molar-refractivity contribution in [2.24, 2.45) is 5.92 Å². The van der Waals surface area contributed by atoms with E-state index in [0.717, 1.165) is 52.1 Å². The van der Waals surface area contributed by atoms with Crippen LogP contribution in [0.25, 0.3) is 0 Å². The zero-order valence-corrected chi connectivity index (χ0v) is 11.1. The zero-order chi connectivity index (χ0) is 12.3. The molecule has 0 aliphatic carbocycles. The van der Waals surface area contributed by atoms with Crippen LogP contribution >= 0.6 is 0 Å². The Morgan fingerprint density at radius 1 is 1.29 bits per heavy atom. The average Bonchev–Trinajstić information content (AvgIpc) is 2.39. The lowest BCUT2D eigenvalue weighted by Crippen LogP contribution is -2.55. The molecular weight excluding hydrogens is 214 g/mol. The number of hydrogen-bond acceptors (Lipinski definition) is 3. The maximum absolute atomic E-state index is 12.4. The van der Waals surface area contributed by atoms with Gasteiger partial charge in [-0.2, -0.15) is 0 Å². The molecule has 1 atom stereocenters. The summed E-state index contributed by atoms with van der Waals surface area (Å²) in [5.41, 5.74) is 0. The van der Waals surface area contributed by atoms with Gasteiger partial charge in [0.15, 0.2) is 0 Å². The van der Waals surface area contributed by atoms with E-state index in [-0.39, 0.29) is 5.92 Å². The number of piperidine rings is 1. The standard InChI is InChI=1S/C13H25N3O/c1-3-15-8-9-16(10-11(15)2)13(17)12-4-6-14-7-5-12/h11-12,14H,3-10H2,1-2H3. The summed E-state index contributed by atoms with van der Waals surface area (Å²) < 4.78 is 0. The summed E-state index contributed by atoms with van der Waals surface area (Å²) in [6.07, 6.45) is 2.03. The predicted octanol–water partition coefficient (Wildman–Crippen LogP) is 0.539.